The van der Waals surface area contributed by atoms with Crippen LogP contribution in [0.4, 0.5) is 4.39 Å². The Hall–Kier alpha value is -1.62. The molecule has 0 aliphatic heterocycles. The highest BCUT2D eigenvalue weighted by Gasteiger charge is 2.25. The summed E-state index contributed by atoms with van der Waals surface area (Å²) in [6, 6.07) is 4.49. The van der Waals surface area contributed by atoms with E-state index in [9.17, 15) is 9.18 Å². The van der Waals surface area contributed by atoms with Gasteiger partial charge in [-0.2, -0.15) is 0 Å². The van der Waals surface area contributed by atoms with Crippen molar-refractivity contribution in [1.29, 1.82) is 0 Å². The smallest absolute Gasteiger partial charge is 0.306 e. The number of aliphatic carboxylic acids is 1. The average molecular weight is 295 g/mol. The van der Waals surface area contributed by atoms with Crippen molar-refractivity contribution < 1.29 is 19.0 Å². The number of ether oxygens (including phenoxy) is 1. The van der Waals surface area contributed by atoms with Gasteiger partial charge in [-0.3, -0.25) is 4.79 Å². The van der Waals surface area contributed by atoms with Crippen LogP contribution in [0.25, 0.3) is 0 Å². The van der Waals surface area contributed by atoms with E-state index in [1.807, 2.05) is 0 Å². The molecule has 1 aliphatic carbocycles. The van der Waals surface area contributed by atoms with E-state index in [4.69, 9.17) is 9.84 Å². The highest BCUT2D eigenvalue weighted by molar-refractivity contribution is 5.69. The molecule has 21 heavy (non-hydrogen) atoms. The Bertz CT molecular complexity index is 484. The second kappa shape index (κ2) is 7.41. The van der Waals surface area contributed by atoms with Crippen LogP contribution in [-0.2, 0) is 11.3 Å². The van der Waals surface area contributed by atoms with E-state index in [0.29, 0.717) is 18.2 Å². The standard InChI is InChI=1S/C16H22FNO3/c1-21-15-7-6-14(17)8-13(15)10-18-9-11-2-4-12(5-3-11)16(19)20/h6-8,11-12,18H,2-5,9-10H2,1H3,(H,19,20). The number of benzene rings is 1. The molecule has 1 aromatic carbocycles. The predicted molar refractivity (Wildman–Crippen MR) is 77.7 cm³/mol. The first-order valence-corrected chi connectivity index (χ1v) is 7.36. The van der Waals surface area contributed by atoms with Gasteiger partial charge in [-0.15, -0.1) is 0 Å². The van der Waals surface area contributed by atoms with Gasteiger partial charge in [0.15, 0.2) is 0 Å². The van der Waals surface area contributed by atoms with Gasteiger partial charge in [0.25, 0.3) is 0 Å². The van der Waals surface area contributed by atoms with Crippen LogP contribution in [0.1, 0.15) is 31.2 Å². The van der Waals surface area contributed by atoms with Gasteiger partial charge >= 0.3 is 5.97 Å². The van der Waals surface area contributed by atoms with Gasteiger partial charge in [-0.25, -0.2) is 4.39 Å². The van der Waals surface area contributed by atoms with Gasteiger partial charge in [0.2, 0.25) is 0 Å². The number of hydrogen-bond donors (Lipinski definition) is 2. The van der Waals surface area contributed by atoms with Gasteiger partial charge in [0.05, 0.1) is 13.0 Å². The summed E-state index contributed by atoms with van der Waals surface area (Å²) in [5.41, 5.74) is 0.803. The molecule has 0 unspecified atom stereocenters. The molecule has 0 spiro atoms. The lowest BCUT2D eigenvalue weighted by atomic mass is 9.82. The third-order valence-corrected chi connectivity index (χ3v) is 4.19. The number of carboxylic acid groups (broad SMARTS) is 1. The summed E-state index contributed by atoms with van der Waals surface area (Å²) in [4.78, 5) is 10.9. The summed E-state index contributed by atoms with van der Waals surface area (Å²) in [5, 5.41) is 12.3. The summed E-state index contributed by atoms with van der Waals surface area (Å²) < 4.78 is 18.5. The molecule has 1 aromatic rings. The zero-order chi connectivity index (χ0) is 15.2. The first kappa shape index (κ1) is 15.8. The van der Waals surface area contributed by atoms with Crippen molar-refractivity contribution in [3.05, 3.63) is 29.6 Å². The fourth-order valence-electron chi connectivity index (χ4n) is 2.91. The number of nitrogens with one attached hydrogen (secondary N) is 1. The molecule has 0 heterocycles. The number of halogens is 1. The highest BCUT2D eigenvalue weighted by atomic mass is 19.1. The summed E-state index contributed by atoms with van der Waals surface area (Å²) in [7, 11) is 1.57. The van der Waals surface area contributed by atoms with Crippen LogP contribution in [0, 0.1) is 17.7 Å². The molecule has 0 atom stereocenters. The largest absolute Gasteiger partial charge is 0.496 e. The van der Waals surface area contributed by atoms with Crippen molar-refractivity contribution in [2.24, 2.45) is 11.8 Å². The summed E-state index contributed by atoms with van der Waals surface area (Å²) in [6.07, 6.45) is 3.38. The molecule has 2 rings (SSSR count). The summed E-state index contributed by atoms with van der Waals surface area (Å²) in [5.74, 6) is 0.0590. The fraction of sp³-hybridized carbons (Fsp3) is 0.562. The van der Waals surface area contributed by atoms with Crippen molar-refractivity contribution in [3.63, 3.8) is 0 Å². The SMILES string of the molecule is COc1ccc(F)cc1CNCC1CCC(C(=O)O)CC1. The molecule has 0 bridgehead atoms. The van der Waals surface area contributed by atoms with E-state index >= 15 is 0 Å². The van der Waals surface area contributed by atoms with E-state index in [1.54, 1.807) is 13.2 Å². The molecule has 0 amide bonds. The van der Waals surface area contributed by atoms with Crippen LogP contribution in [0.5, 0.6) is 5.75 Å². The Labute approximate surface area is 124 Å². The first-order chi connectivity index (χ1) is 10.1. The predicted octanol–water partition coefficient (Wildman–Crippen LogP) is 2.81. The van der Waals surface area contributed by atoms with E-state index in [-0.39, 0.29) is 11.7 Å². The second-order valence-corrected chi connectivity index (χ2v) is 5.64. The lowest BCUT2D eigenvalue weighted by Crippen LogP contribution is -2.28. The minimum absolute atomic E-state index is 0.176. The molecular weight excluding hydrogens is 273 g/mol. The van der Waals surface area contributed by atoms with Crippen LogP contribution in [0.15, 0.2) is 18.2 Å². The third kappa shape index (κ3) is 4.43. The monoisotopic (exact) mass is 295 g/mol. The Morgan fingerprint density at radius 3 is 2.71 bits per heavy atom. The van der Waals surface area contributed by atoms with E-state index in [1.165, 1.54) is 12.1 Å². The molecule has 1 fully saturated rings. The van der Waals surface area contributed by atoms with Gasteiger partial charge in [0.1, 0.15) is 11.6 Å². The minimum Gasteiger partial charge on any atom is -0.496 e. The average Bonchev–Trinajstić information content (AvgIpc) is 2.48. The Morgan fingerprint density at radius 1 is 1.38 bits per heavy atom. The van der Waals surface area contributed by atoms with Crippen LogP contribution < -0.4 is 10.1 Å². The maximum absolute atomic E-state index is 13.2. The molecule has 116 valence electrons. The molecule has 2 N–H and O–H groups in total. The molecule has 5 heteroatoms. The van der Waals surface area contributed by atoms with Crippen molar-refractivity contribution in [3.8, 4) is 5.75 Å². The van der Waals surface area contributed by atoms with Gasteiger partial charge in [-0.05, 0) is 56.3 Å². The highest BCUT2D eigenvalue weighted by Crippen LogP contribution is 2.28. The number of hydrogen-bond acceptors (Lipinski definition) is 3. The number of carboxylic acids is 1. The fourth-order valence-corrected chi connectivity index (χ4v) is 2.91. The Morgan fingerprint density at radius 2 is 2.10 bits per heavy atom. The van der Waals surface area contributed by atoms with Crippen LogP contribution in [0.2, 0.25) is 0 Å². The Kier molecular flexibility index (Phi) is 5.56. The number of rotatable bonds is 6. The van der Waals surface area contributed by atoms with Crippen molar-refractivity contribution in [1.82, 2.24) is 5.32 Å². The zero-order valence-electron chi connectivity index (χ0n) is 12.3. The number of carbonyl (C=O) groups is 1. The molecule has 0 aromatic heterocycles. The van der Waals surface area contributed by atoms with Crippen LogP contribution in [0.3, 0.4) is 0 Å². The minimum atomic E-state index is -0.675. The van der Waals surface area contributed by atoms with Gasteiger partial charge in [-0.1, -0.05) is 0 Å². The maximum Gasteiger partial charge on any atom is 0.306 e. The summed E-state index contributed by atoms with van der Waals surface area (Å²) >= 11 is 0. The van der Waals surface area contributed by atoms with Crippen molar-refractivity contribution >= 4 is 5.97 Å². The molecule has 0 radical (unpaired) electrons. The normalized spacial score (nSPS) is 22.0. The molecule has 1 saturated carbocycles. The topological polar surface area (TPSA) is 58.6 Å². The summed E-state index contributed by atoms with van der Waals surface area (Å²) in [6.45, 7) is 1.38. The lowest BCUT2D eigenvalue weighted by Gasteiger charge is -2.26. The van der Waals surface area contributed by atoms with Crippen molar-refractivity contribution in [2.75, 3.05) is 13.7 Å². The third-order valence-electron chi connectivity index (χ3n) is 4.19. The van der Waals surface area contributed by atoms with Crippen LogP contribution >= 0.6 is 0 Å². The van der Waals surface area contributed by atoms with Gasteiger partial charge in [0, 0.05) is 12.1 Å². The first-order valence-electron chi connectivity index (χ1n) is 7.36. The van der Waals surface area contributed by atoms with E-state index in [2.05, 4.69) is 5.32 Å². The second-order valence-electron chi connectivity index (χ2n) is 5.64. The zero-order valence-corrected chi connectivity index (χ0v) is 12.3. The van der Waals surface area contributed by atoms with Crippen LogP contribution in [-0.4, -0.2) is 24.7 Å². The molecule has 0 saturated heterocycles. The molecule has 4 nitrogen and oxygen atoms in total. The lowest BCUT2D eigenvalue weighted by molar-refractivity contribution is -0.143. The molecule has 1 aliphatic rings. The maximum atomic E-state index is 13.2. The quantitative estimate of drug-likeness (QED) is 0.847. The molecular formula is C16H22FNO3. The Balaban J connectivity index is 1.78. The van der Waals surface area contributed by atoms with E-state index in [0.717, 1.165) is 37.8 Å². The van der Waals surface area contributed by atoms with Crippen molar-refractivity contribution in [2.45, 2.75) is 32.2 Å². The van der Waals surface area contributed by atoms with Gasteiger partial charge < -0.3 is 15.2 Å². The van der Waals surface area contributed by atoms with E-state index < -0.39 is 5.97 Å². The number of methoxy groups -OCH3 is 1.